The SMILES string of the molecule is Nc1sc(C=O)cc1C=O. The maximum absolute atomic E-state index is 10.2. The Morgan fingerprint density at radius 3 is 2.40 bits per heavy atom. The van der Waals surface area contributed by atoms with Crippen LogP contribution < -0.4 is 5.73 Å². The molecule has 3 nitrogen and oxygen atoms in total. The van der Waals surface area contributed by atoms with E-state index in [9.17, 15) is 9.59 Å². The van der Waals surface area contributed by atoms with Crippen LogP contribution in [0.2, 0.25) is 0 Å². The molecular weight excluding hydrogens is 150 g/mol. The maximum atomic E-state index is 10.2. The molecule has 0 atom stereocenters. The van der Waals surface area contributed by atoms with E-state index in [0.717, 1.165) is 11.3 Å². The third kappa shape index (κ3) is 1.06. The van der Waals surface area contributed by atoms with Crippen molar-refractivity contribution in [1.82, 2.24) is 0 Å². The van der Waals surface area contributed by atoms with Crippen LogP contribution in [0.15, 0.2) is 6.07 Å². The number of nitrogens with two attached hydrogens (primary N) is 1. The summed E-state index contributed by atoms with van der Waals surface area (Å²) in [4.78, 5) is 20.8. The predicted molar refractivity (Wildman–Crippen MR) is 39.5 cm³/mol. The van der Waals surface area contributed by atoms with Gasteiger partial charge in [0.05, 0.1) is 9.88 Å². The molecule has 1 rings (SSSR count). The van der Waals surface area contributed by atoms with Gasteiger partial charge in [0, 0.05) is 5.56 Å². The Kier molecular flexibility index (Phi) is 1.82. The van der Waals surface area contributed by atoms with Crippen LogP contribution in [0.1, 0.15) is 20.0 Å². The standard InChI is InChI=1S/C6H5NO2S/c7-6-4(2-8)1-5(3-9)10-6/h1-3H,7H2. The molecule has 1 aromatic rings. The van der Waals surface area contributed by atoms with Crippen molar-refractivity contribution in [2.45, 2.75) is 0 Å². The van der Waals surface area contributed by atoms with Gasteiger partial charge in [-0.05, 0) is 6.07 Å². The van der Waals surface area contributed by atoms with E-state index in [4.69, 9.17) is 5.73 Å². The molecule has 0 unspecified atom stereocenters. The van der Waals surface area contributed by atoms with E-state index in [1.807, 2.05) is 0 Å². The summed E-state index contributed by atoms with van der Waals surface area (Å²) >= 11 is 1.12. The smallest absolute Gasteiger partial charge is 0.160 e. The Bertz CT molecular complexity index is 267. The first-order valence-corrected chi connectivity index (χ1v) is 3.39. The minimum absolute atomic E-state index is 0.395. The third-order valence-electron chi connectivity index (χ3n) is 1.05. The van der Waals surface area contributed by atoms with Crippen molar-refractivity contribution in [3.63, 3.8) is 0 Å². The van der Waals surface area contributed by atoms with Crippen LogP contribution in [-0.4, -0.2) is 12.6 Å². The summed E-state index contributed by atoms with van der Waals surface area (Å²) < 4.78 is 0. The first kappa shape index (κ1) is 6.95. The van der Waals surface area contributed by atoms with Crippen LogP contribution in [-0.2, 0) is 0 Å². The lowest BCUT2D eigenvalue weighted by molar-refractivity contribution is 0.112. The van der Waals surface area contributed by atoms with Gasteiger partial charge >= 0.3 is 0 Å². The highest BCUT2D eigenvalue weighted by atomic mass is 32.1. The minimum atomic E-state index is 0.395. The van der Waals surface area contributed by atoms with Gasteiger partial charge in [0.2, 0.25) is 0 Å². The van der Waals surface area contributed by atoms with E-state index in [2.05, 4.69) is 0 Å². The molecule has 0 fully saturated rings. The van der Waals surface area contributed by atoms with Gasteiger partial charge < -0.3 is 5.73 Å². The van der Waals surface area contributed by atoms with Crippen molar-refractivity contribution in [3.8, 4) is 0 Å². The largest absolute Gasteiger partial charge is 0.390 e. The molecule has 0 aliphatic carbocycles. The molecule has 2 N–H and O–H groups in total. The summed E-state index contributed by atoms with van der Waals surface area (Å²) in [6.07, 6.45) is 1.31. The Balaban J connectivity index is 3.15. The third-order valence-corrected chi connectivity index (χ3v) is 1.96. The molecule has 0 aliphatic rings. The fourth-order valence-corrected chi connectivity index (χ4v) is 1.30. The van der Waals surface area contributed by atoms with E-state index in [0.29, 0.717) is 28.0 Å². The molecule has 1 aromatic heterocycles. The summed E-state index contributed by atoms with van der Waals surface area (Å²) in [5, 5.41) is 0.400. The molecule has 0 bridgehead atoms. The van der Waals surface area contributed by atoms with Crippen molar-refractivity contribution < 1.29 is 9.59 Å². The molecule has 52 valence electrons. The van der Waals surface area contributed by atoms with Crippen LogP contribution >= 0.6 is 11.3 Å². The van der Waals surface area contributed by atoms with Gasteiger partial charge in [-0.2, -0.15) is 0 Å². The zero-order chi connectivity index (χ0) is 7.56. The number of rotatable bonds is 2. The van der Waals surface area contributed by atoms with Crippen molar-refractivity contribution in [3.05, 3.63) is 16.5 Å². The highest BCUT2D eigenvalue weighted by molar-refractivity contribution is 7.17. The number of carbonyl (C=O) groups is 2. The molecule has 4 heteroatoms. The number of aldehydes is 2. The van der Waals surface area contributed by atoms with Gasteiger partial charge in [0.1, 0.15) is 0 Å². The van der Waals surface area contributed by atoms with Gasteiger partial charge in [-0.15, -0.1) is 11.3 Å². The average Bonchev–Trinajstić information content (AvgIpc) is 2.30. The number of nitrogen functional groups attached to an aromatic ring is 1. The summed E-state index contributed by atoms with van der Waals surface area (Å²) in [5.41, 5.74) is 5.75. The highest BCUT2D eigenvalue weighted by Crippen LogP contribution is 2.21. The van der Waals surface area contributed by atoms with E-state index < -0.39 is 0 Å². The number of carbonyl (C=O) groups excluding carboxylic acids is 2. The topological polar surface area (TPSA) is 60.2 Å². The fraction of sp³-hybridized carbons (Fsp3) is 0. The monoisotopic (exact) mass is 155 g/mol. The molecular formula is C6H5NO2S. The van der Waals surface area contributed by atoms with Crippen LogP contribution in [0.3, 0.4) is 0 Å². The first-order chi connectivity index (χ1) is 4.77. The quantitative estimate of drug-likeness (QED) is 0.647. The van der Waals surface area contributed by atoms with Gasteiger partial charge in [-0.25, -0.2) is 0 Å². The van der Waals surface area contributed by atoms with Crippen molar-refractivity contribution >= 4 is 28.9 Å². The van der Waals surface area contributed by atoms with Gasteiger partial charge in [-0.3, -0.25) is 9.59 Å². The summed E-state index contributed by atoms with van der Waals surface area (Å²) in [7, 11) is 0. The molecule has 0 radical (unpaired) electrons. The summed E-state index contributed by atoms with van der Waals surface area (Å²) in [5.74, 6) is 0. The number of hydrogen-bond acceptors (Lipinski definition) is 4. The predicted octanol–water partition coefficient (Wildman–Crippen LogP) is 0.955. The Hall–Kier alpha value is -1.16. The zero-order valence-electron chi connectivity index (χ0n) is 5.03. The molecule has 0 saturated carbocycles. The first-order valence-electron chi connectivity index (χ1n) is 2.57. The Morgan fingerprint density at radius 1 is 1.40 bits per heavy atom. The normalized spacial score (nSPS) is 9.20. The highest BCUT2D eigenvalue weighted by Gasteiger charge is 2.02. The lowest BCUT2D eigenvalue weighted by Gasteiger charge is -1.80. The lowest BCUT2D eigenvalue weighted by Crippen LogP contribution is -1.83. The second-order valence-corrected chi connectivity index (χ2v) is 2.82. The van der Waals surface area contributed by atoms with Crippen molar-refractivity contribution in [1.29, 1.82) is 0 Å². The molecule has 0 amide bonds. The fourth-order valence-electron chi connectivity index (χ4n) is 0.590. The molecule has 0 spiro atoms. The van der Waals surface area contributed by atoms with Crippen molar-refractivity contribution in [2.75, 3.05) is 5.73 Å². The van der Waals surface area contributed by atoms with Crippen LogP contribution in [0.25, 0.3) is 0 Å². The van der Waals surface area contributed by atoms with Gasteiger partial charge in [0.15, 0.2) is 12.6 Å². The lowest BCUT2D eigenvalue weighted by atomic mass is 10.3. The van der Waals surface area contributed by atoms with E-state index in [1.54, 1.807) is 0 Å². The Morgan fingerprint density at radius 2 is 2.10 bits per heavy atom. The molecule has 1 heterocycles. The number of thiophene rings is 1. The van der Waals surface area contributed by atoms with E-state index in [1.165, 1.54) is 6.07 Å². The van der Waals surface area contributed by atoms with Crippen molar-refractivity contribution in [2.24, 2.45) is 0 Å². The van der Waals surface area contributed by atoms with Crippen LogP contribution in [0, 0.1) is 0 Å². The molecule has 0 aromatic carbocycles. The number of hydrogen-bond donors (Lipinski definition) is 1. The van der Waals surface area contributed by atoms with Gasteiger partial charge in [-0.1, -0.05) is 0 Å². The van der Waals surface area contributed by atoms with E-state index in [-0.39, 0.29) is 0 Å². The summed E-state index contributed by atoms with van der Waals surface area (Å²) in [6.45, 7) is 0. The molecule has 0 aliphatic heterocycles. The number of anilines is 1. The zero-order valence-corrected chi connectivity index (χ0v) is 5.85. The van der Waals surface area contributed by atoms with Crippen LogP contribution in [0.4, 0.5) is 5.00 Å². The average molecular weight is 155 g/mol. The summed E-state index contributed by atoms with van der Waals surface area (Å²) in [6, 6.07) is 1.47. The molecule has 10 heavy (non-hydrogen) atoms. The maximum Gasteiger partial charge on any atom is 0.160 e. The van der Waals surface area contributed by atoms with Crippen LogP contribution in [0.5, 0.6) is 0 Å². The van der Waals surface area contributed by atoms with E-state index >= 15 is 0 Å². The van der Waals surface area contributed by atoms with Gasteiger partial charge in [0.25, 0.3) is 0 Å². The minimum Gasteiger partial charge on any atom is -0.390 e. The Labute approximate surface area is 61.5 Å². The second kappa shape index (κ2) is 2.62. The molecule has 0 saturated heterocycles. The second-order valence-electron chi connectivity index (χ2n) is 1.70.